The quantitative estimate of drug-likeness (QED) is 0.626. The predicted molar refractivity (Wildman–Crippen MR) is 111 cm³/mol. The van der Waals surface area contributed by atoms with Crippen LogP contribution < -0.4 is 10.0 Å². The molecule has 0 spiro atoms. The number of amides is 1. The average molecular weight is 460 g/mol. The summed E-state index contributed by atoms with van der Waals surface area (Å²) in [6.07, 6.45) is 2.57. The van der Waals surface area contributed by atoms with E-state index in [0.717, 1.165) is 17.6 Å². The van der Waals surface area contributed by atoms with Crippen LogP contribution in [0.4, 0.5) is 0 Å². The number of sulfonamides is 1. The second-order valence-electron chi connectivity index (χ2n) is 7.88. The first-order valence-electron chi connectivity index (χ1n) is 9.37. The molecule has 1 aromatic rings. The van der Waals surface area contributed by atoms with E-state index in [4.69, 9.17) is 0 Å². The molecule has 27 heavy (non-hydrogen) atoms. The standard InChI is InChI=1S/C19H30BrN3O3S/c1-15-5-4-12-23(13-15)19(2,3)14-21-18(24)10-11-22-27(25,26)17-8-6-16(20)7-9-17/h6-9,15,22H,4-5,10-14H2,1-3H3,(H,21,24). The molecule has 1 amide bonds. The summed E-state index contributed by atoms with van der Waals surface area (Å²) < 4.78 is 27.7. The van der Waals surface area contributed by atoms with Crippen LogP contribution in [0.2, 0.25) is 0 Å². The third kappa shape index (κ3) is 6.85. The van der Waals surface area contributed by atoms with Gasteiger partial charge in [0.25, 0.3) is 0 Å². The van der Waals surface area contributed by atoms with Crippen molar-refractivity contribution in [3.63, 3.8) is 0 Å². The number of hydrogen-bond donors (Lipinski definition) is 2. The number of likely N-dealkylation sites (tertiary alicyclic amines) is 1. The minimum Gasteiger partial charge on any atom is -0.354 e. The highest BCUT2D eigenvalue weighted by Crippen LogP contribution is 2.23. The first-order valence-corrected chi connectivity index (χ1v) is 11.6. The highest BCUT2D eigenvalue weighted by Gasteiger charge is 2.30. The van der Waals surface area contributed by atoms with Gasteiger partial charge in [0.15, 0.2) is 0 Å². The summed E-state index contributed by atoms with van der Waals surface area (Å²) in [7, 11) is -3.60. The predicted octanol–water partition coefficient (Wildman–Crippen LogP) is 2.74. The summed E-state index contributed by atoms with van der Waals surface area (Å²) in [4.78, 5) is 14.7. The van der Waals surface area contributed by atoms with E-state index in [9.17, 15) is 13.2 Å². The Bertz CT molecular complexity index is 735. The molecule has 0 aliphatic carbocycles. The van der Waals surface area contributed by atoms with Crippen LogP contribution in [0, 0.1) is 5.92 Å². The smallest absolute Gasteiger partial charge is 0.240 e. The van der Waals surface area contributed by atoms with Crippen LogP contribution in [-0.2, 0) is 14.8 Å². The summed E-state index contributed by atoms with van der Waals surface area (Å²) in [6, 6.07) is 6.39. The Hall–Kier alpha value is -0.960. The number of benzene rings is 1. The van der Waals surface area contributed by atoms with Gasteiger partial charge in [-0.1, -0.05) is 22.9 Å². The summed E-state index contributed by atoms with van der Waals surface area (Å²) >= 11 is 3.28. The maximum Gasteiger partial charge on any atom is 0.240 e. The first-order chi connectivity index (χ1) is 12.6. The SMILES string of the molecule is CC1CCCN(C(C)(C)CNC(=O)CCNS(=O)(=O)c2ccc(Br)cc2)C1. The van der Waals surface area contributed by atoms with Crippen LogP contribution in [0.15, 0.2) is 33.6 Å². The van der Waals surface area contributed by atoms with Gasteiger partial charge in [0.2, 0.25) is 15.9 Å². The van der Waals surface area contributed by atoms with Crippen LogP contribution >= 0.6 is 15.9 Å². The molecule has 152 valence electrons. The number of carbonyl (C=O) groups excluding carboxylic acids is 1. The Balaban J connectivity index is 1.76. The summed E-state index contributed by atoms with van der Waals surface area (Å²) in [5, 5.41) is 2.95. The number of rotatable bonds is 8. The second kappa shape index (κ2) is 9.49. The van der Waals surface area contributed by atoms with Crippen molar-refractivity contribution in [2.24, 2.45) is 5.92 Å². The highest BCUT2D eigenvalue weighted by molar-refractivity contribution is 9.10. The molecule has 1 atom stereocenters. The molecule has 0 saturated carbocycles. The van der Waals surface area contributed by atoms with Gasteiger partial charge in [0.1, 0.15) is 0 Å². The molecular formula is C19H30BrN3O3S. The molecule has 1 aliphatic rings. The van der Waals surface area contributed by atoms with Gasteiger partial charge in [-0.3, -0.25) is 9.69 Å². The lowest BCUT2D eigenvalue weighted by Gasteiger charge is -2.43. The fraction of sp³-hybridized carbons (Fsp3) is 0.632. The van der Waals surface area contributed by atoms with Crippen LogP contribution in [-0.4, -0.2) is 50.9 Å². The third-order valence-corrected chi connectivity index (χ3v) is 7.00. The van der Waals surface area contributed by atoms with Gasteiger partial charge in [0.05, 0.1) is 4.90 Å². The van der Waals surface area contributed by atoms with Gasteiger partial charge < -0.3 is 5.32 Å². The topological polar surface area (TPSA) is 78.5 Å². The minimum atomic E-state index is -3.60. The Kier molecular flexibility index (Phi) is 7.85. The molecule has 8 heteroatoms. The summed E-state index contributed by atoms with van der Waals surface area (Å²) in [6.45, 7) is 9.28. The molecular weight excluding hydrogens is 430 g/mol. The van der Waals surface area contributed by atoms with Gasteiger partial charge in [0, 0.05) is 36.1 Å². The monoisotopic (exact) mass is 459 g/mol. The molecule has 1 heterocycles. The van der Waals surface area contributed by atoms with E-state index in [1.807, 2.05) is 0 Å². The zero-order chi connectivity index (χ0) is 20.1. The van der Waals surface area contributed by atoms with Crippen LogP contribution in [0.5, 0.6) is 0 Å². The van der Waals surface area contributed by atoms with Crippen molar-refractivity contribution in [3.8, 4) is 0 Å². The normalized spacial score (nSPS) is 19.0. The average Bonchev–Trinajstić information content (AvgIpc) is 2.60. The highest BCUT2D eigenvalue weighted by atomic mass is 79.9. The maximum absolute atomic E-state index is 12.2. The van der Waals surface area contributed by atoms with E-state index in [2.05, 4.69) is 51.6 Å². The van der Waals surface area contributed by atoms with E-state index >= 15 is 0 Å². The van der Waals surface area contributed by atoms with Gasteiger partial charge >= 0.3 is 0 Å². The molecule has 0 bridgehead atoms. The molecule has 1 aliphatic heterocycles. The Morgan fingerprint density at radius 3 is 2.59 bits per heavy atom. The van der Waals surface area contributed by atoms with Crippen molar-refractivity contribution in [3.05, 3.63) is 28.7 Å². The van der Waals surface area contributed by atoms with Crippen LogP contribution in [0.1, 0.15) is 40.0 Å². The lowest BCUT2D eigenvalue weighted by atomic mass is 9.93. The van der Waals surface area contributed by atoms with E-state index in [1.165, 1.54) is 25.0 Å². The Morgan fingerprint density at radius 1 is 1.30 bits per heavy atom. The van der Waals surface area contributed by atoms with Crippen molar-refractivity contribution in [2.75, 3.05) is 26.2 Å². The number of hydrogen-bond acceptors (Lipinski definition) is 4. The van der Waals surface area contributed by atoms with Crippen LogP contribution in [0.3, 0.4) is 0 Å². The van der Waals surface area contributed by atoms with E-state index in [0.29, 0.717) is 12.5 Å². The van der Waals surface area contributed by atoms with Crippen molar-refractivity contribution in [1.29, 1.82) is 0 Å². The van der Waals surface area contributed by atoms with Gasteiger partial charge in [-0.15, -0.1) is 0 Å². The van der Waals surface area contributed by atoms with Crippen molar-refractivity contribution < 1.29 is 13.2 Å². The molecule has 6 nitrogen and oxygen atoms in total. The maximum atomic E-state index is 12.2. The van der Waals surface area contributed by atoms with E-state index in [-0.39, 0.29) is 29.3 Å². The Labute approximate surface area is 171 Å². The van der Waals surface area contributed by atoms with E-state index in [1.54, 1.807) is 12.1 Å². The number of halogens is 1. The molecule has 2 N–H and O–H groups in total. The zero-order valence-electron chi connectivity index (χ0n) is 16.3. The fourth-order valence-corrected chi connectivity index (χ4v) is 4.55. The molecule has 2 rings (SSSR count). The van der Waals surface area contributed by atoms with Gasteiger partial charge in [-0.05, 0) is 63.4 Å². The molecule has 1 aromatic carbocycles. The molecule has 1 unspecified atom stereocenters. The molecule has 0 aromatic heterocycles. The lowest BCUT2D eigenvalue weighted by molar-refractivity contribution is -0.121. The summed E-state index contributed by atoms with van der Waals surface area (Å²) in [5.74, 6) is 0.536. The molecule has 1 fully saturated rings. The number of nitrogens with one attached hydrogen (secondary N) is 2. The van der Waals surface area contributed by atoms with Crippen molar-refractivity contribution in [2.45, 2.75) is 50.5 Å². The fourth-order valence-electron chi connectivity index (χ4n) is 3.25. The van der Waals surface area contributed by atoms with Gasteiger partial charge in [-0.2, -0.15) is 0 Å². The Morgan fingerprint density at radius 2 is 1.96 bits per heavy atom. The zero-order valence-corrected chi connectivity index (χ0v) is 18.7. The lowest BCUT2D eigenvalue weighted by Crippen LogP contribution is -2.54. The first kappa shape index (κ1) is 22.3. The second-order valence-corrected chi connectivity index (χ2v) is 10.6. The van der Waals surface area contributed by atoms with Crippen LogP contribution in [0.25, 0.3) is 0 Å². The molecule has 1 saturated heterocycles. The van der Waals surface area contributed by atoms with Gasteiger partial charge in [-0.25, -0.2) is 13.1 Å². The van der Waals surface area contributed by atoms with Crippen molar-refractivity contribution in [1.82, 2.24) is 14.9 Å². The number of carbonyl (C=O) groups is 1. The third-order valence-electron chi connectivity index (χ3n) is 5.00. The number of piperidine rings is 1. The minimum absolute atomic E-state index is 0.0748. The van der Waals surface area contributed by atoms with E-state index < -0.39 is 10.0 Å². The van der Waals surface area contributed by atoms with Crippen molar-refractivity contribution >= 4 is 31.9 Å². The largest absolute Gasteiger partial charge is 0.354 e. The summed E-state index contributed by atoms with van der Waals surface area (Å²) in [5.41, 5.74) is -0.110. The number of nitrogens with zero attached hydrogens (tertiary/aromatic N) is 1. The molecule has 0 radical (unpaired) electrons.